The van der Waals surface area contributed by atoms with Crippen LogP contribution in [0, 0.1) is 0 Å². The quantitative estimate of drug-likeness (QED) is 0.641. The maximum atomic E-state index is 11.3. The summed E-state index contributed by atoms with van der Waals surface area (Å²) in [7, 11) is 0. The molecule has 1 fully saturated rings. The summed E-state index contributed by atoms with van der Waals surface area (Å²) in [4.78, 5) is 23.8. The lowest BCUT2D eigenvalue weighted by Gasteiger charge is -2.30. The largest absolute Gasteiger partial charge is 0.445 e. The lowest BCUT2D eigenvalue weighted by atomic mass is 10.2. The highest BCUT2D eigenvalue weighted by Gasteiger charge is 2.25. The van der Waals surface area contributed by atoms with E-state index in [4.69, 9.17) is 4.74 Å². The third kappa shape index (κ3) is 2.76. The molecule has 1 heterocycles. The normalized spacial score (nSPS) is 21.4. The monoisotopic (exact) mass is 198 g/mol. The molecule has 14 heavy (non-hydrogen) atoms. The summed E-state index contributed by atoms with van der Waals surface area (Å²) in [5.41, 5.74) is 0. The first-order valence-corrected chi connectivity index (χ1v) is 4.45. The molecule has 1 aliphatic heterocycles. The highest BCUT2D eigenvalue weighted by molar-refractivity contribution is 5.83. The molecule has 0 aliphatic carbocycles. The van der Waals surface area contributed by atoms with Gasteiger partial charge in [0.2, 0.25) is 5.91 Å². The fourth-order valence-corrected chi connectivity index (χ4v) is 1.30. The predicted octanol–water partition coefficient (Wildman–Crippen LogP) is 0.129. The zero-order chi connectivity index (χ0) is 10.6. The Morgan fingerprint density at radius 2 is 2.57 bits per heavy atom. The van der Waals surface area contributed by atoms with Crippen molar-refractivity contribution in [3.05, 3.63) is 12.7 Å². The van der Waals surface area contributed by atoms with Gasteiger partial charge in [-0.3, -0.25) is 9.69 Å². The molecule has 0 bridgehead atoms. The minimum absolute atomic E-state index is 0.0208. The first-order valence-electron chi connectivity index (χ1n) is 4.45. The zero-order valence-electron chi connectivity index (χ0n) is 8.16. The molecule has 78 valence electrons. The average Bonchev–Trinajstić information content (AvgIpc) is 2.12. The summed E-state index contributed by atoms with van der Waals surface area (Å²) in [6, 6.07) is -0.0208. The van der Waals surface area contributed by atoms with Crippen LogP contribution in [0.15, 0.2) is 12.7 Å². The molecular formula is C9H14N2O3. The van der Waals surface area contributed by atoms with Gasteiger partial charge in [0.1, 0.15) is 13.2 Å². The zero-order valence-corrected chi connectivity index (χ0v) is 8.16. The fourth-order valence-electron chi connectivity index (χ4n) is 1.30. The van der Waals surface area contributed by atoms with Gasteiger partial charge in [-0.05, 0) is 6.92 Å². The molecule has 1 aliphatic rings. The number of ether oxygens (including phenoxy) is 1. The molecule has 0 radical (unpaired) electrons. The molecule has 1 rings (SSSR count). The van der Waals surface area contributed by atoms with Gasteiger partial charge in [0.25, 0.3) is 0 Å². The Morgan fingerprint density at radius 1 is 1.86 bits per heavy atom. The van der Waals surface area contributed by atoms with Crippen LogP contribution in [0.5, 0.6) is 0 Å². The average molecular weight is 198 g/mol. The summed E-state index contributed by atoms with van der Waals surface area (Å²) in [6.07, 6.45) is 1.03. The number of hydrogen-bond acceptors (Lipinski definition) is 3. The van der Waals surface area contributed by atoms with Crippen LogP contribution in [-0.4, -0.2) is 42.6 Å². The van der Waals surface area contributed by atoms with Crippen molar-refractivity contribution in [2.75, 3.05) is 19.7 Å². The molecule has 1 N–H and O–H groups in total. The molecule has 0 aromatic rings. The molecule has 2 amide bonds. The molecule has 0 aromatic heterocycles. The van der Waals surface area contributed by atoms with Crippen LogP contribution in [0.1, 0.15) is 6.92 Å². The van der Waals surface area contributed by atoms with E-state index in [-0.39, 0.29) is 25.1 Å². The number of carbonyl (C=O) groups excluding carboxylic acids is 2. The van der Waals surface area contributed by atoms with E-state index in [2.05, 4.69) is 11.9 Å². The number of nitrogens with zero attached hydrogens (tertiary/aromatic N) is 1. The Hall–Kier alpha value is -1.52. The van der Waals surface area contributed by atoms with Crippen molar-refractivity contribution in [3.63, 3.8) is 0 Å². The van der Waals surface area contributed by atoms with Crippen molar-refractivity contribution in [3.8, 4) is 0 Å². The summed E-state index contributed by atoms with van der Waals surface area (Å²) >= 11 is 0. The third-order valence-electron chi connectivity index (χ3n) is 1.82. The van der Waals surface area contributed by atoms with E-state index in [0.717, 1.165) is 0 Å². The Bertz CT molecular complexity index is 252. The van der Waals surface area contributed by atoms with E-state index in [0.29, 0.717) is 6.54 Å². The van der Waals surface area contributed by atoms with Crippen LogP contribution in [0.2, 0.25) is 0 Å². The van der Waals surface area contributed by atoms with Gasteiger partial charge in [-0.25, -0.2) is 4.79 Å². The van der Waals surface area contributed by atoms with E-state index >= 15 is 0 Å². The van der Waals surface area contributed by atoms with Crippen LogP contribution in [0.25, 0.3) is 0 Å². The Balaban J connectivity index is 2.46. The third-order valence-corrected chi connectivity index (χ3v) is 1.82. The number of rotatable bonds is 2. The minimum atomic E-state index is -0.466. The molecule has 0 spiro atoms. The van der Waals surface area contributed by atoms with E-state index in [1.165, 1.54) is 11.0 Å². The van der Waals surface area contributed by atoms with Crippen LogP contribution >= 0.6 is 0 Å². The Morgan fingerprint density at radius 3 is 3.14 bits per heavy atom. The van der Waals surface area contributed by atoms with Gasteiger partial charge in [0, 0.05) is 12.6 Å². The van der Waals surface area contributed by atoms with Crippen molar-refractivity contribution >= 4 is 12.0 Å². The van der Waals surface area contributed by atoms with Gasteiger partial charge in [-0.1, -0.05) is 12.7 Å². The second-order valence-electron chi connectivity index (χ2n) is 3.21. The number of piperazine rings is 1. The van der Waals surface area contributed by atoms with Crippen LogP contribution in [0.4, 0.5) is 4.79 Å². The summed E-state index contributed by atoms with van der Waals surface area (Å²) in [5, 5.41) is 2.71. The lowest BCUT2D eigenvalue weighted by Crippen LogP contribution is -2.54. The number of nitrogens with one attached hydrogen (secondary N) is 1. The Labute approximate surface area is 82.7 Å². The van der Waals surface area contributed by atoms with Gasteiger partial charge in [-0.15, -0.1) is 0 Å². The summed E-state index contributed by atoms with van der Waals surface area (Å²) < 4.78 is 4.82. The van der Waals surface area contributed by atoms with Crippen molar-refractivity contribution in [2.45, 2.75) is 13.0 Å². The molecule has 0 unspecified atom stereocenters. The van der Waals surface area contributed by atoms with Crippen LogP contribution < -0.4 is 5.32 Å². The number of carbonyl (C=O) groups is 2. The van der Waals surface area contributed by atoms with Crippen LogP contribution in [-0.2, 0) is 9.53 Å². The van der Waals surface area contributed by atoms with Crippen LogP contribution in [0.3, 0.4) is 0 Å². The molecule has 0 aromatic carbocycles. The highest BCUT2D eigenvalue weighted by atomic mass is 16.6. The molecule has 5 heteroatoms. The molecule has 1 saturated heterocycles. The van der Waals surface area contributed by atoms with Gasteiger partial charge >= 0.3 is 6.09 Å². The SMILES string of the molecule is C=CCOC(=O)N1CC(=O)N[C@@H](C)C1. The molecule has 1 atom stereocenters. The van der Waals surface area contributed by atoms with Crippen molar-refractivity contribution in [1.82, 2.24) is 10.2 Å². The highest BCUT2D eigenvalue weighted by Crippen LogP contribution is 2.01. The molecular weight excluding hydrogens is 184 g/mol. The standard InChI is InChI=1S/C9H14N2O3/c1-3-4-14-9(13)11-5-7(2)10-8(12)6-11/h3,7H,1,4-6H2,2H3,(H,10,12)/t7-/m0/s1. The molecule has 5 nitrogen and oxygen atoms in total. The Kier molecular flexibility index (Phi) is 3.50. The first kappa shape index (κ1) is 10.6. The number of hydrogen-bond donors (Lipinski definition) is 1. The van der Waals surface area contributed by atoms with Crippen molar-refractivity contribution in [1.29, 1.82) is 0 Å². The van der Waals surface area contributed by atoms with Crippen molar-refractivity contribution < 1.29 is 14.3 Å². The fraction of sp³-hybridized carbons (Fsp3) is 0.556. The van der Waals surface area contributed by atoms with E-state index in [1.807, 2.05) is 6.92 Å². The second-order valence-corrected chi connectivity index (χ2v) is 3.21. The summed E-state index contributed by atoms with van der Waals surface area (Å²) in [5.74, 6) is -0.153. The number of amides is 2. The maximum absolute atomic E-state index is 11.3. The summed E-state index contributed by atoms with van der Waals surface area (Å²) in [6.45, 7) is 6.00. The van der Waals surface area contributed by atoms with E-state index < -0.39 is 6.09 Å². The van der Waals surface area contributed by atoms with E-state index in [1.54, 1.807) is 0 Å². The van der Waals surface area contributed by atoms with Gasteiger partial charge in [-0.2, -0.15) is 0 Å². The van der Waals surface area contributed by atoms with Crippen molar-refractivity contribution in [2.24, 2.45) is 0 Å². The van der Waals surface area contributed by atoms with E-state index in [9.17, 15) is 9.59 Å². The van der Waals surface area contributed by atoms with Gasteiger partial charge < -0.3 is 10.1 Å². The minimum Gasteiger partial charge on any atom is -0.445 e. The second kappa shape index (κ2) is 4.64. The smallest absolute Gasteiger partial charge is 0.410 e. The topological polar surface area (TPSA) is 58.6 Å². The maximum Gasteiger partial charge on any atom is 0.410 e. The first-order chi connectivity index (χ1) is 6.63. The van der Waals surface area contributed by atoms with Gasteiger partial charge in [0.05, 0.1) is 0 Å². The predicted molar refractivity (Wildman–Crippen MR) is 50.7 cm³/mol. The molecule has 0 saturated carbocycles. The lowest BCUT2D eigenvalue weighted by molar-refractivity contribution is -0.124. The van der Waals surface area contributed by atoms with Gasteiger partial charge in [0.15, 0.2) is 0 Å².